The van der Waals surface area contributed by atoms with Crippen LogP contribution in [-0.4, -0.2) is 126 Å². The van der Waals surface area contributed by atoms with Crippen molar-refractivity contribution in [2.24, 2.45) is 0 Å². The Morgan fingerprint density at radius 2 is 1.33 bits per heavy atom. The van der Waals surface area contributed by atoms with Gasteiger partial charge in [0, 0.05) is 17.7 Å². The zero-order chi connectivity index (χ0) is 31.2. The molecule has 0 amide bonds. The normalized spacial score (nSPS) is 33.0. The van der Waals surface area contributed by atoms with Gasteiger partial charge in [0.2, 0.25) is 17.5 Å². The lowest BCUT2D eigenvalue weighted by molar-refractivity contribution is -0.358. The van der Waals surface area contributed by atoms with Crippen LogP contribution in [-0.2, 0) is 14.2 Å². The van der Waals surface area contributed by atoms with Crippen LogP contribution in [0.25, 0.3) is 22.3 Å². The second kappa shape index (κ2) is 12.2. The number of aliphatic hydroxyl groups is 7. The molecule has 2 aliphatic rings. The third kappa shape index (κ3) is 5.73. The van der Waals surface area contributed by atoms with Crippen LogP contribution in [0.15, 0.2) is 45.6 Å². The quantitative estimate of drug-likeness (QED) is 0.133. The van der Waals surface area contributed by atoms with E-state index in [2.05, 4.69) is 0 Å². The fourth-order valence-corrected chi connectivity index (χ4v) is 4.92. The highest BCUT2D eigenvalue weighted by Gasteiger charge is 2.51. The Morgan fingerprint density at radius 3 is 1.95 bits per heavy atom. The van der Waals surface area contributed by atoms with Crippen molar-refractivity contribution in [1.29, 1.82) is 0 Å². The van der Waals surface area contributed by atoms with Gasteiger partial charge >= 0.3 is 0 Å². The number of ether oxygens (including phenoxy) is 4. The fraction of sp³-hybridized carbons (Fsp3) is 0.444. The van der Waals surface area contributed by atoms with E-state index in [1.54, 1.807) is 0 Å². The summed E-state index contributed by atoms with van der Waals surface area (Å²) in [6.07, 6.45) is -17.7. The minimum atomic E-state index is -1.93. The Balaban J connectivity index is 1.60. The number of hydrogen-bond donors (Lipinski definition) is 10. The molecular weight excluding hydrogens is 580 g/mol. The zero-order valence-corrected chi connectivity index (χ0v) is 22.1. The molecule has 10 atom stereocenters. The van der Waals surface area contributed by atoms with Crippen LogP contribution in [0.5, 0.6) is 23.0 Å². The van der Waals surface area contributed by atoms with E-state index in [1.807, 2.05) is 0 Å². The van der Waals surface area contributed by atoms with E-state index in [9.17, 15) is 55.9 Å². The predicted molar refractivity (Wildman–Crippen MR) is 140 cm³/mol. The van der Waals surface area contributed by atoms with E-state index >= 15 is 0 Å². The van der Waals surface area contributed by atoms with Gasteiger partial charge in [0.05, 0.1) is 13.2 Å². The van der Waals surface area contributed by atoms with E-state index in [-0.39, 0.29) is 22.7 Å². The molecule has 2 aliphatic heterocycles. The molecule has 234 valence electrons. The van der Waals surface area contributed by atoms with Gasteiger partial charge in [0.15, 0.2) is 18.2 Å². The van der Waals surface area contributed by atoms with Gasteiger partial charge in [0.25, 0.3) is 0 Å². The van der Waals surface area contributed by atoms with Crippen LogP contribution in [0.4, 0.5) is 0 Å². The van der Waals surface area contributed by atoms with Gasteiger partial charge < -0.3 is 74.4 Å². The average Bonchev–Trinajstić information content (AvgIpc) is 2.97. The number of aromatic hydroxyl groups is 3. The summed E-state index contributed by atoms with van der Waals surface area (Å²) in [6.45, 7) is -1.63. The second-order valence-electron chi connectivity index (χ2n) is 10.1. The van der Waals surface area contributed by atoms with Gasteiger partial charge in [-0.15, -0.1) is 0 Å². The Morgan fingerprint density at radius 1 is 0.721 bits per heavy atom. The molecule has 0 saturated carbocycles. The van der Waals surface area contributed by atoms with Crippen LogP contribution in [0.2, 0.25) is 0 Å². The molecule has 3 heterocycles. The molecule has 2 aromatic carbocycles. The lowest BCUT2D eigenvalue weighted by atomic mass is 9.97. The molecule has 2 fully saturated rings. The molecule has 1 aromatic heterocycles. The fourth-order valence-electron chi connectivity index (χ4n) is 4.92. The maximum absolute atomic E-state index is 13.7. The molecule has 16 heteroatoms. The summed E-state index contributed by atoms with van der Waals surface area (Å²) >= 11 is 0. The molecule has 16 nitrogen and oxygen atoms in total. The summed E-state index contributed by atoms with van der Waals surface area (Å²) in [6, 6.07) is 7.20. The Kier molecular flexibility index (Phi) is 8.77. The highest BCUT2D eigenvalue weighted by Crippen LogP contribution is 2.38. The number of aliphatic hydroxyl groups excluding tert-OH is 7. The first kappa shape index (κ1) is 30.9. The Hall–Kier alpha value is -3.55. The smallest absolute Gasteiger partial charge is 0.239 e. The Bertz CT molecular complexity index is 1490. The first-order valence-corrected chi connectivity index (χ1v) is 13.0. The van der Waals surface area contributed by atoms with Gasteiger partial charge in [-0.05, 0) is 24.3 Å². The van der Waals surface area contributed by atoms with Crippen LogP contribution in [0, 0.1) is 0 Å². The molecular formula is C27H30O16. The standard InChI is InChI=1S/C27H30O16/c28-7-14-17(33)20(36)22(38)26(40-14)43-25-21(37)18(34)15(8-29)41-27(25)42-24-19(35)16-12(32)5-11(31)6-13(16)39-23(24)9-1-3-10(30)4-2-9/h1-6,14-15,17-18,20-22,25-34,36-38H,7-8H2/t14-,15-,17-,18-,20+,21?,22-,25-,26+,27?/m1/s1. The third-order valence-corrected chi connectivity index (χ3v) is 7.25. The van der Waals surface area contributed by atoms with E-state index < -0.39 is 103 Å². The van der Waals surface area contributed by atoms with Crippen molar-refractivity contribution in [2.75, 3.05) is 13.2 Å². The minimum Gasteiger partial charge on any atom is -0.508 e. The number of phenolic OH excluding ortho intramolecular Hbond substituents is 3. The topological polar surface area (TPSA) is 269 Å². The van der Waals surface area contributed by atoms with Crippen LogP contribution < -0.4 is 10.2 Å². The Labute approximate surface area is 241 Å². The largest absolute Gasteiger partial charge is 0.508 e. The van der Waals surface area contributed by atoms with E-state index in [0.717, 1.165) is 12.1 Å². The molecule has 3 aromatic rings. The second-order valence-corrected chi connectivity index (χ2v) is 10.1. The molecule has 2 unspecified atom stereocenters. The summed E-state index contributed by atoms with van der Waals surface area (Å²) in [4.78, 5) is 13.7. The highest BCUT2D eigenvalue weighted by atomic mass is 16.8. The van der Waals surface area contributed by atoms with E-state index in [4.69, 9.17) is 23.4 Å². The summed E-state index contributed by atoms with van der Waals surface area (Å²) in [7, 11) is 0. The summed E-state index contributed by atoms with van der Waals surface area (Å²) in [5.41, 5.74) is -1.07. The molecule has 0 aliphatic carbocycles. The third-order valence-electron chi connectivity index (χ3n) is 7.25. The van der Waals surface area contributed by atoms with Gasteiger partial charge in [-0.2, -0.15) is 0 Å². The molecule has 2 saturated heterocycles. The number of phenols is 3. The first-order valence-electron chi connectivity index (χ1n) is 13.0. The van der Waals surface area contributed by atoms with E-state index in [0.29, 0.717) is 0 Å². The predicted octanol–water partition coefficient (Wildman–Crippen LogP) is -2.42. The van der Waals surface area contributed by atoms with Crippen molar-refractivity contribution in [3.63, 3.8) is 0 Å². The van der Waals surface area contributed by atoms with Crippen molar-refractivity contribution in [3.8, 4) is 34.3 Å². The number of fused-ring (bicyclic) bond motifs is 1. The van der Waals surface area contributed by atoms with Crippen LogP contribution in [0.3, 0.4) is 0 Å². The molecule has 0 radical (unpaired) electrons. The van der Waals surface area contributed by atoms with E-state index in [1.165, 1.54) is 24.3 Å². The van der Waals surface area contributed by atoms with Crippen molar-refractivity contribution in [1.82, 2.24) is 0 Å². The van der Waals surface area contributed by atoms with Gasteiger partial charge in [-0.1, -0.05) is 0 Å². The zero-order valence-electron chi connectivity index (χ0n) is 22.1. The highest BCUT2D eigenvalue weighted by molar-refractivity contribution is 5.88. The van der Waals surface area contributed by atoms with Crippen LogP contribution in [0.1, 0.15) is 0 Å². The molecule has 5 rings (SSSR count). The number of hydrogen-bond acceptors (Lipinski definition) is 16. The SMILES string of the molecule is O=c1c(OC2O[C@H](CO)[C@@H](O)C(O)[C@H]2O[C@@H]2O[C@H](CO)[C@@H](O)[C@H](O)[C@H]2O)c(-c2ccc(O)cc2)oc2cc(O)cc(O)c12. The molecule has 0 spiro atoms. The minimum absolute atomic E-state index is 0.129. The van der Waals surface area contributed by atoms with Gasteiger partial charge in [-0.25, -0.2) is 0 Å². The van der Waals surface area contributed by atoms with Crippen molar-refractivity contribution < 1.29 is 74.4 Å². The lowest BCUT2D eigenvalue weighted by Gasteiger charge is -2.45. The lowest BCUT2D eigenvalue weighted by Crippen LogP contribution is -2.65. The van der Waals surface area contributed by atoms with Gasteiger partial charge in [-0.3, -0.25) is 4.79 Å². The monoisotopic (exact) mass is 610 g/mol. The van der Waals surface area contributed by atoms with Crippen LogP contribution >= 0.6 is 0 Å². The molecule has 43 heavy (non-hydrogen) atoms. The first-order chi connectivity index (χ1) is 20.4. The number of rotatable bonds is 7. The average molecular weight is 611 g/mol. The van der Waals surface area contributed by atoms with Crippen molar-refractivity contribution in [2.45, 2.75) is 61.4 Å². The summed E-state index contributed by atoms with van der Waals surface area (Å²) < 4.78 is 28.3. The molecule has 0 bridgehead atoms. The van der Waals surface area contributed by atoms with Crippen molar-refractivity contribution >= 4 is 11.0 Å². The maximum atomic E-state index is 13.7. The summed E-state index contributed by atoms with van der Waals surface area (Å²) in [5, 5.41) is 101. The summed E-state index contributed by atoms with van der Waals surface area (Å²) in [5.74, 6) is -2.15. The van der Waals surface area contributed by atoms with Crippen molar-refractivity contribution in [3.05, 3.63) is 46.6 Å². The molecule has 10 N–H and O–H groups in total. The number of benzene rings is 2. The van der Waals surface area contributed by atoms with Gasteiger partial charge in [0.1, 0.15) is 70.9 Å². The maximum Gasteiger partial charge on any atom is 0.239 e.